The van der Waals surface area contributed by atoms with Crippen molar-refractivity contribution >= 4 is 22.4 Å². The lowest BCUT2D eigenvalue weighted by Crippen LogP contribution is -2.27. The molecule has 2 aromatic rings. The fourth-order valence-corrected chi connectivity index (χ4v) is 2.58. The Morgan fingerprint density at radius 1 is 1.43 bits per heavy atom. The number of carbonyl (C=O) groups is 1. The van der Waals surface area contributed by atoms with Crippen molar-refractivity contribution in [2.75, 3.05) is 26.0 Å². The normalized spacial score (nSPS) is 10.2. The third-order valence-electron chi connectivity index (χ3n) is 2.98. The summed E-state index contributed by atoms with van der Waals surface area (Å²) in [7, 11) is 3.46. The first-order chi connectivity index (χ1) is 10.2. The van der Waals surface area contributed by atoms with Gasteiger partial charge in [0, 0.05) is 19.0 Å². The number of benzene rings is 1. The molecule has 2 N–H and O–H groups in total. The van der Waals surface area contributed by atoms with Crippen LogP contribution in [0.1, 0.15) is 11.3 Å². The summed E-state index contributed by atoms with van der Waals surface area (Å²) in [6.45, 7) is 0.606. The summed E-state index contributed by atoms with van der Waals surface area (Å²) in [4.78, 5) is 16.1. The van der Waals surface area contributed by atoms with Gasteiger partial charge in [0.15, 0.2) is 5.13 Å². The van der Waals surface area contributed by atoms with Crippen LogP contribution in [0.2, 0.25) is 0 Å². The Hall–Kier alpha value is -2.08. The summed E-state index contributed by atoms with van der Waals surface area (Å²) in [5.41, 5.74) is 1.93. The van der Waals surface area contributed by atoms with Gasteiger partial charge >= 0.3 is 0 Å². The minimum Gasteiger partial charge on any atom is -0.497 e. The number of carbonyl (C=O) groups excluding carboxylic acids is 1. The number of nitrogens with one attached hydrogen (secondary N) is 2. The predicted octanol–water partition coefficient (Wildman–Crippen LogP) is 2.09. The molecule has 1 aromatic carbocycles. The molecule has 0 saturated carbocycles. The van der Waals surface area contributed by atoms with Gasteiger partial charge in [-0.2, -0.15) is 0 Å². The number of hydrogen-bond acceptors (Lipinski definition) is 5. The molecule has 0 aliphatic carbocycles. The molecule has 0 atom stereocenters. The van der Waals surface area contributed by atoms with Crippen molar-refractivity contribution in [3.8, 4) is 5.75 Å². The Labute approximate surface area is 128 Å². The second-order valence-electron chi connectivity index (χ2n) is 4.52. The van der Waals surface area contributed by atoms with Gasteiger partial charge in [-0.25, -0.2) is 4.98 Å². The van der Waals surface area contributed by atoms with Gasteiger partial charge in [0.25, 0.3) is 0 Å². The zero-order valence-electron chi connectivity index (χ0n) is 12.2. The van der Waals surface area contributed by atoms with Gasteiger partial charge in [0.2, 0.25) is 5.91 Å². The van der Waals surface area contributed by atoms with Crippen molar-refractivity contribution in [2.24, 2.45) is 0 Å². The van der Waals surface area contributed by atoms with Crippen LogP contribution in [0.15, 0.2) is 29.6 Å². The molecule has 0 unspecified atom stereocenters. The Kier molecular flexibility index (Phi) is 5.57. The number of rotatable bonds is 7. The number of methoxy groups -OCH3 is 1. The maximum absolute atomic E-state index is 11.8. The molecule has 1 heterocycles. The molecular weight excluding hydrogens is 286 g/mol. The van der Waals surface area contributed by atoms with Crippen LogP contribution in [0.4, 0.5) is 5.13 Å². The van der Waals surface area contributed by atoms with E-state index in [2.05, 4.69) is 15.6 Å². The first-order valence-electron chi connectivity index (χ1n) is 6.73. The van der Waals surface area contributed by atoms with Crippen LogP contribution in [0.3, 0.4) is 0 Å². The van der Waals surface area contributed by atoms with Crippen molar-refractivity contribution < 1.29 is 9.53 Å². The minimum atomic E-state index is -0.00847. The van der Waals surface area contributed by atoms with Gasteiger partial charge in [-0.15, -0.1) is 11.3 Å². The number of ether oxygens (including phenoxy) is 1. The molecule has 1 aromatic heterocycles. The SMILES string of the molecule is CNc1nc(CC(=O)NCCc2cccc(OC)c2)cs1. The van der Waals surface area contributed by atoms with E-state index >= 15 is 0 Å². The summed E-state index contributed by atoms with van der Waals surface area (Å²) in [5, 5.41) is 8.59. The number of anilines is 1. The zero-order chi connectivity index (χ0) is 15.1. The smallest absolute Gasteiger partial charge is 0.226 e. The average Bonchev–Trinajstić information content (AvgIpc) is 2.95. The van der Waals surface area contributed by atoms with Crippen molar-refractivity contribution in [1.82, 2.24) is 10.3 Å². The molecule has 0 fully saturated rings. The van der Waals surface area contributed by atoms with Gasteiger partial charge in [-0.05, 0) is 24.1 Å². The minimum absolute atomic E-state index is 0.00847. The number of aromatic nitrogens is 1. The highest BCUT2D eigenvalue weighted by molar-refractivity contribution is 7.13. The van der Waals surface area contributed by atoms with E-state index < -0.39 is 0 Å². The van der Waals surface area contributed by atoms with Crippen LogP contribution in [0.25, 0.3) is 0 Å². The molecule has 1 amide bonds. The zero-order valence-corrected chi connectivity index (χ0v) is 13.0. The van der Waals surface area contributed by atoms with E-state index in [1.807, 2.05) is 36.7 Å². The van der Waals surface area contributed by atoms with Crippen LogP contribution >= 0.6 is 11.3 Å². The summed E-state index contributed by atoms with van der Waals surface area (Å²) in [6, 6.07) is 7.86. The lowest BCUT2D eigenvalue weighted by molar-refractivity contribution is -0.120. The van der Waals surface area contributed by atoms with Gasteiger partial charge in [-0.1, -0.05) is 12.1 Å². The van der Waals surface area contributed by atoms with Crippen LogP contribution in [0.5, 0.6) is 5.75 Å². The Morgan fingerprint density at radius 2 is 2.29 bits per heavy atom. The molecule has 5 nitrogen and oxygen atoms in total. The van der Waals surface area contributed by atoms with E-state index in [0.717, 1.165) is 28.6 Å². The van der Waals surface area contributed by atoms with Crippen molar-refractivity contribution in [3.05, 3.63) is 40.9 Å². The standard InChI is InChI=1S/C15H19N3O2S/c1-16-15-18-12(10-21-15)9-14(19)17-7-6-11-4-3-5-13(8-11)20-2/h3-5,8,10H,6-7,9H2,1-2H3,(H,16,18)(H,17,19). The second-order valence-corrected chi connectivity index (χ2v) is 5.38. The third-order valence-corrected chi connectivity index (χ3v) is 3.89. The first-order valence-corrected chi connectivity index (χ1v) is 7.61. The molecule has 0 radical (unpaired) electrons. The van der Waals surface area contributed by atoms with E-state index in [-0.39, 0.29) is 5.91 Å². The molecule has 21 heavy (non-hydrogen) atoms. The maximum atomic E-state index is 11.8. The van der Waals surface area contributed by atoms with E-state index in [4.69, 9.17) is 4.74 Å². The predicted molar refractivity (Wildman–Crippen MR) is 85.1 cm³/mol. The Balaban J connectivity index is 1.76. The highest BCUT2D eigenvalue weighted by Crippen LogP contribution is 2.15. The average molecular weight is 305 g/mol. The summed E-state index contributed by atoms with van der Waals surface area (Å²) < 4.78 is 5.17. The first kappa shape index (κ1) is 15.3. The quantitative estimate of drug-likeness (QED) is 0.822. The second kappa shape index (κ2) is 7.64. The maximum Gasteiger partial charge on any atom is 0.226 e. The van der Waals surface area contributed by atoms with E-state index in [0.29, 0.717) is 13.0 Å². The molecule has 0 saturated heterocycles. The van der Waals surface area contributed by atoms with Gasteiger partial charge in [-0.3, -0.25) is 4.79 Å². The Bertz CT molecular complexity index is 598. The molecule has 2 rings (SSSR count). The van der Waals surface area contributed by atoms with E-state index in [9.17, 15) is 4.79 Å². The molecule has 0 aliphatic rings. The van der Waals surface area contributed by atoms with Crippen LogP contribution in [0, 0.1) is 0 Å². The van der Waals surface area contributed by atoms with Crippen molar-refractivity contribution in [3.63, 3.8) is 0 Å². The molecular formula is C15H19N3O2S. The highest BCUT2D eigenvalue weighted by Gasteiger charge is 2.06. The van der Waals surface area contributed by atoms with Gasteiger partial charge < -0.3 is 15.4 Å². The fraction of sp³-hybridized carbons (Fsp3) is 0.333. The van der Waals surface area contributed by atoms with E-state index in [1.54, 1.807) is 7.11 Å². The van der Waals surface area contributed by atoms with Crippen LogP contribution < -0.4 is 15.4 Å². The number of amides is 1. The van der Waals surface area contributed by atoms with Crippen LogP contribution in [-0.2, 0) is 17.6 Å². The number of hydrogen-bond donors (Lipinski definition) is 2. The molecule has 0 spiro atoms. The van der Waals surface area contributed by atoms with Crippen molar-refractivity contribution in [1.29, 1.82) is 0 Å². The summed E-state index contributed by atoms with van der Waals surface area (Å²) in [5.74, 6) is 0.826. The summed E-state index contributed by atoms with van der Waals surface area (Å²) >= 11 is 1.50. The van der Waals surface area contributed by atoms with Crippen LogP contribution in [-0.4, -0.2) is 31.6 Å². The lowest BCUT2D eigenvalue weighted by atomic mass is 10.1. The topological polar surface area (TPSA) is 63.2 Å². The number of nitrogens with zero attached hydrogens (tertiary/aromatic N) is 1. The largest absolute Gasteiger partial charge is 0.497 e. The van der Waals surface area contributed by atoms with Gasteiger partial charge in [0.05, 0.1) is 19.2 Å². The molecule has 6 heteroatoms. The number of thiazole rings is 1. The Morgan fingerprint density at radius 3 is 3.00 bits per heavy atom. The lowest BCUT2D eigenvalue weighted by Gasteiger charge is -2.06. The highest BCUT2D eigenvalue weighted by atomic mass is 32.1. The monoisotopic (exact) mass is 305 g/mol. The molecule has 0 bridgehead atoms. The third kappa shape index (κ3) is 4.75. The fourth-order valence-electron chi connectivity index (χ4n) is 1.90. The summed E-state index contributed by atoms with van der Waals surface area (Å²) in [6.07, 6.45) is 1.10. The van der Waals surface area contributed by atoms with Gasteiger partial charge in [0.1, 0.15) is 5.75 Å². The molecule has 112 valence electrons. The molecule has 0 aliphatic heterocycles. The van der Waals surface area contributed by atoms with E-state index in [1.165, 1.54) is 11.3 Å². The van der Waals surface area contributed by atoms with Crippen molar-refractivity contribution in [2.45, 2.75) is 12.8 Å².